The van der Waals surface area contributed by atoms with Crippen molar-refractivity contribution in [3.63, 3.8) is 0 Å². The van der Waals surface area contributed by atoms with Crippen molar-refractivity contribution in [3.8, 4) is 5.75 Å². The Morgan fingerprint density at radius 2 is 1.68 bits per heavy atom. The summed E-state index contributed by atoms with van der Waals surface area (Å²) in [5.74, 6) is -1.48. The Hall–Kier alpha value is -2.30. The molecule has 0 saturated carbocycles. The van der Waals surface area contributed by atoms with E-state index in [1.54, 1.807) is 12.3 Å². The van der Waals surface area contributed by atoms with E-state index in [1.165, 1.54) is 0 Å². The number of hydrogen-bond donors (Lipinski definition) is 1. The van der Waals surface area contributed by atoms with Gasteiger partial charge in [-0.15, -0.1) is 11.3 Å². The van der Waals surface area contributed by atoms with E-state index in [2.05, 4.69) is 10.3 Å². The smallest absolute Gasteiger partial charge is 0.416 e. The molecule has 0 aliphatic heterocycles. The largest absolute Gasteiger partial charge is 0.484 e. The number of benzene rings is 1. The molecular formula is C14H10F6N2O2S. The summed E-state index contributed by atoms with van der Waals surface area (Å²) in [6, 6.07) is 0.775. The SMILES string of the molecule is Cc1csc(NC(=O)COc2cc(C(F)(F)F)cc(C(F)(F)F)c2)n1. The number of halogens is 6. The molecule has 0 radical (unpaired) electrons. The second-order valence-corrected chi connectivity index (χ2v) is 5.73. The minimum absolute atomic E-state index is 0.0225. The third kappa shape index (κ3) is 5.34. The summed E-state index contributed by atoms with van der Waals surface area (Å²) in [6.07, 6.45) is -9.97. The van der Waals surface area contributed by atoms with Gasteiger partial charge >= 0.3 is 12.4 Å². The molecule has 25 heavy (non-hydrogen) atoms. The lowest BCUT2D eigenvalue weighted by Crippen LogP contribution is -2.20. The lowest BCUT2D eigenvalue weighted by molar-refractivity contribution is -0.143. The highest BCUT2D eigenvalue weighted by molar-refractivity contribution is 7.13. The summed E-state index contributed by atoms with van der Waals surface area (Å²) >= 11 is 1.12. The molecule has 0 saturated heterocycles. The normalized spacial score (nSPS) is 12.1. The van der Waals surface area contributed by atoms with Crippen LogP contribution in [0, 0.1) is 6.92 Å². The second-order valence-electron chi connectivity index (χ2n) is 4.87. The van der Waals surface area contributed by atoms with Crippen molar-refractivity contribution >= 4 is 22.4 Å². The Balaban J connectivity index is 2.13. The fraction of sp³-hybridized carbons (Fsp3) is 0.286. The van der Waals surface area contributed by atoms with Gasteiger partial charge in [0, 0.05) is 5.38 Å². The van der Waals surface area contributed by atoms with Crippen molar-refractivity contribution in [1.82, 2.24) is 4.98 Å². The first-order valence-corrected chi connectivity index (χ1v) is 7.47. The summed E-state index contributed by atoms with van der Waals surface area (Å²) in [7, 11) is 0. The molecule has 0 aliphatic rings. The van der Waals surface area contributed by atoms with E-state index < -0.39 is 41.7 Å². The molecule has 0 unspecified atom stereocenters. The molecule has 1 amide bonds. The fourth-order valence-electron chi connectivity index (χ4n) is 1.73. The molecule has 0 aliphatic carbocycles. The molecule has 1 aromatic carbocycles. The quantitative estimate of drug-likeness (QED) is 0.790. The van der Waals surface area contributed by atoms with Crippen LogP contribution in [0.15, 0.2) is 23.6 Å². The maximum atomic E-state index is 12.7. The van der Waals surface area contributed by atoms with Crippen LogP contribution in [0.5, 0.6) is 5.75 Å². The van der Waals surface area contributed by atoms with Crippen molar-refractivity contribution in [2.24, 2.45) is 0 Å². The number of thiazole rings is 1. The highest BCUT2D eigenvalue weighted by Crippen LogP contribution is 2.38. The molecular weight excluding hydrogens is 374 g/mol. The standard InChI is InChI=1S/C14H10F6N2O2S/c1-7-6-25-12(21-7)22-11(23)5-24-10-3-8(13(15,16)17)2-9(4-10)14(18,19)20/h2-4,6H,5H2,1H3,(H,21,22,23). The first kappa shape index (κ1) is 19.0. The fourth-order valence-corrected chi connectivity index (χ4v) is 2.43. The highest BCUT2D eigenvalue weighted by atomic mass is 32.1. The third-order valence-corrected chi connectivity index (χ3v) is 3.67. The van der Waals surface area contributed by atoms with Gasteiger partial charge in [0.15, 0.2) is 11.7 Å². The van der Waals surface area contributed by atoms with E-state index in [4.69, 9.17) is 4.74 Å². The Kier molecular flexibility index (Phi) is 5.26. The van der Waals surface area contributed by atoms with Crippen LogP contribution < -0.4 is 10.1 Å². The molecule has 0 bridgehead atoms. The molecule has 4 nitrogen and oxygen atoms in total. The van der Waals surface area contributed by atoms with Gasteiger partial charge in [-0.05, 0) is 25.1 Å². The van der Waals surface area contributed by atoms with Gasteiger partial charge in [0.2, 0.25) is 0 Å². The van der Waals surface area contributed by atoms with Crippen molar-refractivity contribution in [2.45, 2.75) is 19.3 Å². The lowest BCUT2D eigenvalue weighted by Gasteiger charge is -2.14. The van der Waals surface area contributed by atoms with Crippen LogP contribution in [0.25, 0.3) is 0 Å². The van der Waals surface area contributed by atoms with Crippen LogP contribution in [0.1, 0.15) is 16.8 Å². The van der Waals surface area contributed by atoms with Crippen molar-refractivity contribution < 1.29 is 35.9 Å². The van der Waals surface area contributed by atoms with Gasteiger partial charge in [0.1, 0.15) is 5.75 Å². The number of nitrogens with one attached hydrogen (secondary N) is 1. The van der Waals surface area contributed by atoms with Gasteiger partial charge in [0.25, 0.3) is 5.91 Å². The number of carbonyl (C=O) groups excluding carboxylic acids is 1. The number of rotatable bonds is 4. The van der Waals surface area contributed by atoms with Gasteiger partial charge < -0.3 is 4.74 Å². The molecule has 11 heteroatoms. The van der Waals surface area contributed by atoms with Gasteiger partial charge in [-0.1, -0.05) is 0 Å². The number of amides is 1. The zero-order valence-corrected chi connectivity index (χ0v) is 13.3. The van der Waals surface area contributed by atoms with Gasteiger partial charge in [-0.3, -0.25) is 10.1 Å². The third-order valence-electron chi connectivity index (χ3n) is 2.80. The predicted octanol–water partition coefficient (Wildman–Crippen LogP) is 4.51. The summed E-state index contributed by atoms with van der Waals surface area (Å²) in [6.45, 7) is 0.918. The average Bonchev–Trinajstić information content (AvgIpc) is 2.88. The molecule has 1 heterocycles. The summed E-state index contributed by atoms with van der Waals surface area (Å²) in [5, 5.41) is 4.22. The van der Waals surface area contributed by atoms with Gasteiger partial charge in [-0.2, -0.15) is 26.3 Å². The number of carbonyl (C=O) groups is 1. The molecule has 136 valence electrons. The number of hydrogen-bond acceptors (Lipinski definition) is 4. The predicted molar refractivity (Wildman–Crippen MR) is 77.4 cm³/mol. The maximum absolute atomic E-state index is 12.7. The zero-order chi connectivity index (χ0) is 18.8. The van der Waals surface area contributed by atoms with Gasteiger partial charge in [-0.25, -0.2) is 4.98 Å². The molecule has 0 fully saturated rings. The minimum Gasteiger partial charge on any atom is -0.484 e. The first-order valence-electron chi connectivity index (χ1n) is 6.59. The van der Waals surface area contributed by atoms with E-state index in [-0.39, 0.29) is 11.2 Å². The van der Waals surface area contributed by atoms with Crippen molar-refractivity contribution in [1.29, 1.82) is 0 Å². The topological polar surface area (TPSA) is 51.2 Å². The highest BCUT2D eigenvalue weighted by Gasteiger charge is 2.37. The zero-order valence-electron chi connectivity index (χ0n) is 12.5. The first-order chi connectivity index (χ1) is 11.4. The number of aryl methyl sites for hydroxylation is 1. The number of ether oxygens (including phenoxy) is 1. The number of aromatic nitrogens is 1. The Bertz CT molecular complexity index is 737. The molecule has 1 aromatic heterocycles. The molecule has 0 atom stereocenters. The maximum Gasteiger partial charge on any atom is 0.416 e. The van der Waals surface area contributed by atoms with E-state index in [1.807, 2.05) is 0 Å². The van der Waals surface area contributed by atoms with Crippen LogP contribution in [-0.4, -0.2) is 17.5 Å². The van der Waals surface area contributed by atoms with Crippen molar-refractivity contribution in [3.05, 3.63) is 40.4 Å². The second kappa shape index (κ2) is 6.90. The monoisotopic (exact) mass is 384 g/mol. The van der Waals surface area contributed by atoms with Crippen molar-refractivity contribution in [2.75, 3.05) is 11.9 Å². The number of nitrogens with zero attached hydrogens (tertiary/aromatic N) is 1. The number of anilines is 1. The Morgan fingerprint density at radius 3 is 2.12 bits per heavy atom. The molecule has 0 spiro atoms. The number of alkyl halides is 6. The summed E-state index contributed by atoms with van der Waals surface area (Å²) in [5.41, 5.74) is -2.39. The van der Waals surface area contributed by atoms with E-state index >= 15 is 0 Å². The van der Waals surface area contributed by atoms with Crippen LogP contribution in [-0.2, 0) is 17.1 Å². The van der Waals surface area contributed by atoms with E-state index in [0.29, 0.717) is 17.8 Å². The van der Waals surface area contributed by atoms with Crippen LogP contribution in [0.2, 0.25) is 0 Å². The summed E-state index contributed by atoms with van der Waals surface area (Å²) in [4.78, 5) is 15.6. The van der Waals surface area contributed by atoms with Crippen LogP contribution in [0.3, 0.4) is 0 Å². The molecule has 2 rings (SSSR count). The summed E-state index contributed by atoms with van der Waals surface area (Å²) < 4.78 is 81.1. The van der Waals surface area contributed by atoms with Crippen LogP contribution >= 0.6 is 11.3 Å². The average molecular weight is 384 g/mol. The lowest BCUT2D eigenvalue weighted by atomic mass is 10.1. The van der Waals surface area contributed by atoms with Gasteiger partial charge in [0.05, 0.1) is 16.8 Å². The molecule has 2 aromatic rings. The van der Waals surface area contributed by atoms with E-state index in [0.717, 1.165) is 11.3 Å². The van der Waals surface area contributed by atoms with E-state index in [9.17, 15) is 31.1 Å². The van der Waals surface area contributed by atoms with Crippen LogP contribution in [0.4, 0.5) is 31.5 Å². The Labute approximate surface area is 141 Å². The Morgan fingerprint density at radius 1 is 1.12 bits per heavy atom. The minimum atomic E-state index is -4.99. The molecule has 1 N–H and O–H groups in total.